The molecule has 2 heterocycles. The average molecular weight is 207 g/mol. The maximum Gasteiger partial charge on any atom is 0.231 e. The Morgan fingerprint density at radius 3 is 3.00 bits per heavy atom. The molecule has 0 saturated heterocycles. The van der Waals surface area contributed by atoms with Crippen LogP contribution in [0.3, 0.4) is 0 Å². The number of nitrogens with two attached hydrogens (primary N) is 1. The van der Waals surface area contributed by atoms with Gasteiger partial charge in [0, 0.05) is 25.7 Å². The molecular weight excluding hydrogens is 194 g/mol. The summed E-state index contributed by atoms with van der Waals surface area (Å²) in [5, 5.41) is 8.03. The van der Waals surface area contributed by atoms with Gasteiger partial charge >= 0.3 is 0 Å². The maximum absolute atomic E-state index is 5.51. The van der Waals surface area contributed by atoms with E-state index in [0.717, 1.165) is 0 Å². The van der Waals surface area contributed by atoms with Crippen LogP contribution in [0.5, 0.6) is 0 Å². The molecule has 0 fully saturated rings. The van der Waals surface area contributed by atoms with Gasteiger partial charge < -0.3 is 10.3 Å². The number of rotatable bonds is 3. The molecule has 0 aromatic carbocycles. The molecule has 0 aliphatic rings. The smallest absolute Gasteiger partial charge is 0.231 e. The van der Waals surface area contributed by atoms with Crippen LogP contribution in [0, 0.1) is 0 Å². The SMILES string of the molecule is CC(CN)c1nc(-c2ccn(C)n2)no1. The third-order valence-electron chi connectivity index (χ3n) is 2.16. The van der Waals surface area contributed by atoms with Gasteiger partial charge in [0.25, 0.3) is 0 Å². The summed E-state index contributed by atoms with van der Waals surface area (Å²) in [6.07, 6.45) is 1.83. The zero-order valence-electron chi connectivity index (χ0n) is 8.71. The molecule has 2 N–H and O–H groups in total. The third kappa shape index (κ3) is 1.89. The Morgan fingerprint density at radius 2 is 2.40 bits per heavy atom. The van der Waals surface area contributed by atoms with Crippen molar-refractivity contribution in [1.29, 1.82) is 0 Å². The van der Waals surface area contributed by atoms with Gasteiger partial charge in [-0.05, 0) is 6.07 Å². The van der Waals surface area contributed by atoms with Gasteiger partial charge in [-0.3, -0.25) is 4.68 Å². The molecule has 0 aliphatic carbocycles. The van der Waals surface area contributed by atoms with E-state index in [0.29, 0.717) is 24.0 Å². The molecule has 1 atom stereocenters. The molecule has 2 rings (SSSR count). The van der Waals surface area contributed by atoms with E-state index in [1.807, 2.05) is 26.2 Å². The summed E-state index contributed by atoms with van der Waals surface area (Å²) in [4.78, 5) is 4.23. The second-order valence-electron chi connectivity index (χ2n) is 3.47. The first-order valence-electron chi connectivity index (χ1n) is 4.74. The van der Waals surface area contributed by atoms with Gasteiger partial charge in [0.15, 0.2) is 0 Å². The zero-order chi connectivity index (χ0) is 10.8. The molecule has 0 aliphatic heterocycles. The molecule has 0 radical (unpaired) electrons. The minimum atomic E-state index is 0.0787. The molecule has 1 unspecified atom stereocenters. The van der Waals surface area contributed by atoms with E-state index in [1.165, 1.54) is 0 Å². The topological polar surface area (TPSA) is 82.8 Å². The maximum atomic E-state index is 5.51. The molecule has 2 aromatic heterocycles. The van der Waals surface area contributed by atoms with E-state index in [1.54, 1.807) is 4.68 Å². The van der Waals surface area contributed by atoms with Crippen LogP contribution in [-0.4, -0.2) is 26.5 Å². The van der Waals surface area contributed by atoms with Gasteiger partial charge in [-0.25, -0.2) is 0 Å². The van der Waals surface area contributed by atoms with Crippen molar-refractivity contribution in [3.63, 3.8) is 0 Å². The van der Waals surface area contributed by atoms with E-state index in [-0.39, 0.29) is 5.92 Å². The van der Waals surface area contributed by atoms with Crippen molar-refractivity contribution in [2.45, 2.75) is 12.8 Å². The van der Waals surface area contributed by atoms with E-state index in [9.17, 15) is 0 Å². The fraction of sp³-hybridized carbons (Fsp3) is 0.444. The summed E-state index contributed by atoms with van der Waals surface area (Å²) in [6.45, 7) is 2.43. The zero-order valence-corrected chi connectivity index (χ0v) is 8.71. The standard InChI is InChI=1S/C9H13N5O/c1-6(5-10)9-11-8(13-15-9)7-3-4-14(2)12-7/h3-4,6H,5,10H2,1-2H3. The monoisotopic (exact) mass is 207 g/mol. The first-order chi connectivity index (χ1) is 7.20. The van der Waals surface area contributed by atoms with E-state index in [4.69, 9.17) is 10.3 Å². The Kier molecular flexibility index (Phi) is 2.51. The van der Waals surface area contributed by atoms with E-state index >= 15 is 0 Å². The third-order valence-corrected chi connectivity index (χ3v) is 2.16. The number of aromatic nitrogens is 4. The number of nitrogens with zero attached hydrogens (tertiary/aromatic N) is 4. The van der Waals surface area contributed by atoms with Crippen molar-refractivity contribution in [3.05, 3.63) is 18.2 Å². The number of hydrogen-bond donors (Lipinski definition) is 1. The highest BCUT2D eigenvalue weighted by molar-refractivity contribution is 5.46. The highest BCUT2D eigenvalue weighted by atomic mass is 16.5. The van der Waals surface area contributed by atoms with Crippen LogP contribution >= 0.6 is 0 Å². The van der Waals surface area contributed by atoms with E-state index in [2.05, 4.69) is 15.2 Å². The first kappa shape index (κ1) is 9.85. The van der Waals surface area contributed by atoms with Gasteiger partial charge in [0.2, 0.25) is 11.7 Å². The van der Waals surface area contributed by atoms with Crippen LogP contribution in [0.2, 0.25) is 0 Å². The fourth-order valence-electron chi connectivity index (χ4n) is 1.17. The summed E-state index contributed by atoms with van der Waals surface area (Å²) in [7, 11) is 1.84. The lowest BCUT2D eigenvalue weighted by Crippen LogP contribution is -2.08. The highest BCUT2D eigenvalue weighted by Crippen LogP contribution is 2.16. The molecule has 0 amide bonds. The Balaban J connectivity index is 2.27. The molecule has 2 aromatic rings. The molecule has 6 heteroatoms. The van der Waals surface area contributed by atoms with Gasteiger partial charge in [0.1, 0.15) is 5.69 Å². The Labute approximate surface area is 87.1 Å². The van der Waals surface area contributed by atoms with Crippen molar-refractivity contribution in [3.8, 4) is 11.5 Å². The Hall–Kier alpha value is -1.69. The lowest BCUT2D eigenvalue weighted by Gasteiger charge is -1.98. The molecule has 80 valence electrons. The van der Waals surface area contributed by atoms with Crippen LogP contribution in [0.1, 0.15) is 18.7 Å². The second kappa shape index (κ2) is 3.82. The number of hydrogen-bond acceptors (Lipinski definition) is 5. The van der Waals surface area contributed by atoms with Gasteiger partial charge in [-0.15, -0.1) is 0 Å². The van der Waals surface area contributed by atoms with Crippen molar-refractivity contribution < 1.29 is 4.52 Å². The second-order valence-corrected chi connectivity index (χ2v) is 3.47. The summed E-state index contributed by atoms with van der Waals surface area (Å²) in [6, 6.07) is 1.84. The van der Waals surface area contributed by atoms with E-state index < -0.39 is 0 Å². The summed E-state index contributed by atoms with van der Waals surface area (Å²) in [5.41, 5.74) is 6.21. The lowest BCUT2D eigenvalue weighted by atomic mass is 10.2. The largest absolute Gasteiger partial charge is 0.339 e. The Bertz CT molecular complexity index is 447. The molecule has 6 nitrogen and oxygen atoms in total. The molecule has 0 saturated carbocycles. The molecule has 0 bridgehead atoms. The van der Waals surface area contributed by atoms with Gasteiger partial charge in [-0.2, -0.15) is 10.1 Å². The summed E-state index contributed by atoms with van der Waals surface area (Å²) in [5.74, 6) is 1.14. The van der Waals surface area contributed by atoms with Crippen LogP contribution in [0.25, 0.3) is 11.5 Å². The molecule has 15 heavy (non-hydrogen) atoms. The normalized spacial score (nSPS) is 13.0. The van der Waals surface area contributed by atoms with Crippen molar-refractivity contribution in [1.82, 2.24) is 19.9 Å². The van der Waals surface area contributed by atoms with Gasteiger partial charge in [0.05, 0.1) is 0 Å². The minimum absolute atomic E-state index is 0.0787. The molecular formula is C9H13N5O. The first-order valence-corrected chi connectivity index (χ1v) is 4.74. The lowest BCUT2D eigenvalue weighted by molar-refractivity contribution is 0.361. The summed E-state index contributed by atoms with van der Waals surface area (Å²) >= 11 is 0. The van der Waals surface area contributed by atoms with Crippen molar-refractivity contribution in [2.75, 3.05) is 6.54 Å². The predicted octanol–water partition coefficient (Wildman–Crippen LogP) is 0.532. The van der Waals surface area contributed by atoms with Gasteiger partial charge in [-0.1, -0.05) is 12.1 Å². The van der Waals surface area contributed by atoms with Crippen molar-refractivity contribution >= 4 is 0 Å². The fourth-order valence-corrected chi connectivity index (χ4v) is 1.17. The van der Waals surface area contributed by atoms with Crippen LogP contribution in [0.15, 0.2) is 16.8 Å². The van der Waals surface area contributed by atoms with Crippen molar-refractivity contribution in [2.24, 2.45) is 12.8 Å². The van der Waals surface area contributed by atoms with Crippen LogP contribution in [0.4, 0.5) is 0 Å². The number of aryl methyl sites for hydroxylation is 1. The predicted molar refractivity (Wildman–Crippen MR) is 54.0 cm³/mol. The van der Waals surface area contributed by atoms with Crippen LogP contribution < -0.4 is 5.73 Å². The highest BCUT2D eigenvalue weighted by Gasteiger charge is 2.14. The quantitative estimate of drug-likeness (QED) is 0.793. The minimum Gasteiger partial charge on any atom is -0.339 e. The molecule has 0 spiro atoms. The average Bonchev–Trinajstić information content (AvgIpc) is 2.84. The Morgan fingerprint density at radius 1 is 1.60 bits per heavy atom. The van der Waals surface area contributed by atoms with Crippen LogP contribution in [-0.2, 0) is 7.05 Å². The summed E-state index contributed by atoms with van der Waals surface area (Å²) < 4.78 is 6.78.